The van der Waals surface area contributed by atoms with Gasteiger partial charge in [-0.25, -0.2) is 13.1 Å². The normalized spacial score (nSPS) is 16.8. The number of ether oxygens (including phenoxy) is 2. The Bertz CT molecular complexity index is 1340. The Morgan fingerprint density at radius 3 is 2.53 bits per heavy atom. The van der Waals surface area contributed by atoms with Gasteiger partial charge in [0, 0.05) is 16.7 Å². The molecule has 1 atom stereocenters. The molecular weight excluding hydrogens is 525 g/mol. The number of hydrogen-bond donors (Lipinski definition) is 1. The number of nitrogens with zero attached hydrogens (tertiary/aromatic N) is 2. The van der Waals surface area contributed by atoms with Crippen LogP contribution in [0, 0.1) is 5.92 Å². The van der Waals surface area contributed by atoms with Crippen molar-refractivity contribution in [1.29, 1.82) is 0 Å². The van der Waals surface area contributed by atoms with Gasteiger partial charge >= 0.3 is 0 Å². The summed E-state index contributed by atoms with van der Waals surface area (Å²) < 4.78 is 37.1. The second kappa shape index (κ2) is 11.1. The van der Waals surface area contributed by atoms with Crippen LogP contribution in [0.3, 0.4) is 0 Å². The fourth-order valence-corrected chi connectivity index (χ4v) is 5.93. The number of halogens is 2. The monoisotopic (exact) mass is 551 g/mol. The average molecular weight is 552 g/mol. The zero-order chi connectivity index (χ0) is 25.9. The highest BCUT2D eigenvalue weighted by Crippen LogP contribution is 2.31. The molecule has 1 aliphatic rings. The summed E-state index contributed by atoms with van der Waals surface area (Å²) in [5.41, 5.74) is 1.41. The highest BCUT2D eigenvalue weighted by atomic mass is 35.5. The van der Waals surface area contributed by atoms with Gasteiger partial charge in [-0.15, -0.1) is 0 Å². The van der Waals surface area contributed by atoms with Crippen LogP contribution in [0.25, 0.3) is 11.3 Å². The summed E-state index contributed by atoms with van der Waals surface area (Å²) in [6.45, 7) is 4.47. The SMILES string of the molecule is CC(C)COc1ccc(-c2cc(NC(=O)COc3ccc(Cl)cc3Cl)n(C3CCS(=O)(=O)C3)n2)cc1. The van der Waals surface area contributed by atoms with E-state index in [1.54, 1.807) is 22.9 Å². The molecule has 4 rings (SSSR count). The van der Waals surface area contributed by atoms with Gasteiger partial charge < -0.3 is 14.8 Å². The molecule has 1 unspecified atom stereocenters. The summed E-state index contributed by atoms with van der Waals surface area (Å²) in [5.74, 6) is 1.49. The van der Waals surface area contributed by atoms with Crippen molar-refractivity contribution in [2.45, 2.75) is 26.3 Å². The van der Waals surface area contributed by atoms with Gasteiger partial charge in [0.1, 0.15) is 17.3 Å². The first-order chi connectivity index (χ1) is 17.1. The summed E-state index contributed by atoms with van der Waals surface area (Å²) in [6, 6.07) is 13.5. The molecule has 1 aliphatic heterocycles. The van der Waals surface area contributed by atoms with E-state index in [1.165, 1.54) is 6.07 Å². The number of nitrogens with one attached hydrogen (secondary N) is 1. The quantitative estimate of drug-likeness (QED) is 0.389. The van der Waals surface area contributed by atoms with E-state index in [0.717, 1.165) is 11.3 Å². The van der Waals surface area contributed by atoms with E-state index in [1.807, 2.05) is 24.3 Å². The van der Waals surface area contributed by atoms with Crippen LogP contribution in [-0.4, -0.2) is 48.8 Å². The molecule has 1 fully saturated rings. The Morgan fingerprint density at radius 1 is 1.14 bits per heavy atom. The van der Waals surface area contributed by atoms with Crippen molar-refractivity contribution >= 4 is 44.8 Å². The number of hydrogen-bond acceptors (Lipinski definition) is 6. The van der Waals surface area contributed by atoms with Crippen LogP contribution in [0.1, 0.15) is 26.3 Å². The average Bonchev–Trinajstić information content (AvgIpc) is 3.40. The summed E-state index contributed by atoms with van der Waals surface area (Å²) in [7, 11) is -3.16. The second-order valence-electron chi connectivity index (χ2n) is 9.06. The molecule has 0 saturated carbocycles. The van der Waals surface area contributed by atoms with E-state index < -0.39 is 15.7 Å². The number of carbonyl (C=O) groups is 1. The number of aromatic nitrogens is 2. The predicted molar refractivity (Wildman–Crippen MR) is 141 cm³/mol. The van der Waals surface area contributed by atoms with Crippen molar-refractivity contribution < 1.29 is 22.7 Å². The van der Waals surface area contributed by atoms with Crippen molar-refractivity contribution in [1.82, 2.24) is 9.78 Å². The molecule has 11 heteroatoms. The van der Waals surface area contributed by atoms with Crippen LogP contribution >= 0.6 is 23.2 Å². The Hall–Kier alpha value is -2.75. The molecule has 2 aromatic carbocycles. The summed E-state index contributed by atoms with van der Waals surface area (Å²) in [4.78, 5) is 12.7. The van der Waals surface area contributed by atoms with Gasteiger partial charge in [-0.2, -0.15) is 5.10 Å². The molecule has 0 spiro atoms. The predicted octanol–water partition coefficient (Wildman–Crippen LogP) is 5.27. The molecular formula is C25H27Cl2N3O5S. The van der Waals surface area contributed by atoms with Gasteiger partial charge in [0.05, 0.1) is 34.9 Å². The minimum absolute atomic E-state index is 0.0319. The third-order valence-electron chi connectivity index (χ3n) is 5.54. The molecule has 1 amide bonds. The maximum atomic E-state index is 12.7. The van der Waals surface area contributed by atoms with Gasteiger partial charge in [0.25, 0.3) is 5.91 Å². The first kappa shape index (κ1) is 26.3. The summed E-state index contributed by atoms with van der Waals surface area (Å²) >= 11 is 12.0. The third-order valence-corrected chi connectivity index (χ3v) is 7.82. The van der Waals surface area contributed by atoms with Crippen LogP contribution in [0.15, 0.2) is 48.5 Å². The van der Waals surface area contributed by atoms with E-state index in [0.29, 0.717) is 46.3 Å². The van der Waals surface area contributed by atoms with E-state index in [4.69, 9.17) is 32.7 Å². The van der Waals surface area contributed by atoms with Crippen LogP contribution in [0.4, 0.5) is 5.82 Å². The largest absolute Gasteiger partial charge is 0.493 e. The van der Waals surface area contributed by atoms with Gasteiger partial charge in [0.2, 0.25) is 0 Å². The Balaban J connectivity index is 1.53. The summed E-state index contributed by atoms with van der Waals surface area (Å²) in [5, 5.41) is 8.19. The number of sulfone groups is 1. The topological polar surface area (TPSA) is 99.5 Å². The second-order valence-corrected chi connectivity index (χ2v) is 12.1. The smallest absolute Gasteiger partial charge is 0.263 e. The zero-order valence-electron chi connectivity index (χ0n) is 19.9. The van der Waals surface area contributed by atoms with Crippen molar-refractivity contribution in [2.75, 3.05) is 30.0 Å². The lowest BCUT2D eigenvalue weighted by atomic mass is 10.1. The fraction of sp³-hybridized carbons (Fsp3) is 0.360. The van der Waals surface area contributed by atoms with Crippen molar-refractivity contribution in [3.63, 3.8) is 0 Å². The zero-order valence-corrected chi connectivity index (χ0v) is 22.2. The van der Waals surface area contributed by atoms with Gasteiger partial charge in [-0.1, -0.05) is 37.0 Å². The lowest BCUT2D eigenvalue weighted by molar-refractivity contribution is -0.118. The minimum Gasteiger partial charge on any atom is -0.493 e. The molecule has 192 valence electrons. The van der Waals surface area contributed by atoms with Gasteiger partial charge in [0.15, 0.2) is 16.4 Å². The van der Waals surface area contributed by atoms with Crippen molar-refractivity contribution in [3.8, 4) is 22.8 Å². The number of anilines is 1. The number of benzene rings is 2. The number of carbonyl (C=O) groups excluding carboxylic acids is 1. The molecule has 1 saturated heterocycles. The van der Waals surface area contributed by atoms with E-state index >= 15 is 0 Å². The first-order valence-corrected chi connectivity index (χ1v) is 14.1. The lowest BCUT2D eigenvalue weighted by Crippen LogP contribution is -2.23. The molecule has 0 bridgehead atoms. The van der Waals surface area contributed by atoms with Crippen LogP contribution in [0.2, 0.25) is 10.0 Å². The van der Waals surface area contributed by atoms with Crippen molar-refractivity contribution in [2.24, 2.45) is 5.92 Å². The number of amides is 1. The molecule has 1 aromatic heterocycles. The highest BCUT2D eigenvalue weighted by Gasteiger charge is 2.32. The molecule has 0 aliphatic carbocycles. The molecule has 8 nitrogen and oxygen atoms in total. The van der Waals surface area contributed by atoms with Crippen LogP contribution in [0.5, 0.6) is 11.5 Å². The Labute approximate surface area is 220 Å². The van der Waals surface area contributed by atoms with E-state index in [2.05, 4.69) is 24.3 Å². The third kappa shape index (κ3) is 6.72. The Morgan fingerprint density at radius 2 is 1.89 bits per heavy atom. The van der Waals surface area contributed by atoms with Crippen LogP contribution in [-0.2, 0) is 14.6 Å². The molecule has 36 heavy (non-hydrogen) atoms. The number of rotatable bonds is 9. The fourth-order valence-electron chi connectivity index (χ4n) is 3.77. The maximum Gasteiger partial charge on any atom is 0.263 e. The van der Waals surface area contributed by atoms with Gasteiger partial charge in [-0.3, -0.25) is 4.79 Å². The Kier molecular flexibility index (Phi) is 8.12. The molecule has 3 aromatic rings. The maximum absolute atomic E-state index is 12.7. The van der Waals surface area contributed by atoms with Crippen molar-refractivity contribution in [3.05, 3.63) is 58.6 Å². The molecule has 2 heterocycles. The summed E-state index contributed by atoms with van der Waals surface area (Å²) in [6.07, 6.45) is 0.422. The van der Waals surface area contributed by atoms with E-state index in [-0.39, 0.29) is 24.2 Å². The van der Waals surface area contributed by atoms with Gasteiger partial charge in [-0.05, 0) is 54.8 Å². The van der Waals surface area contributed by atoms with E-state index in [9.17, 15) is 13.2 Å². The minimum atomic E-state index is -3.16. The highest BCUT2D eigenvalue weighted by molar-refractivity contribution is 7.91. The van der Waals surface area contributed by atoms with Crippen LogP contribution < -0.4 is 14.8 Å². The first-order valence-electron chi connectivity index (χ1n) is 11.5. The lowest BCUT2D eigenvalue weighted by Gasteiger charge is -2.14. The standard InChI is InChI=1S/C25H27Cl2N3O5S/c1-16(2)13-34-20-6-3-17(4-7-20)22-12-24(30(29-22)19-9-10-36(32,33)15-19)28-25(31)14-35-23-8-5-18(26)11-21(23)27/h3-8,11-12,16,19H,9-10,13-15H2,1-2H3,(H,28,31). The molecule has 0 radical (unpaired) electrons. The molecule has 1 N–H and O–H groups in total.